The Labute approximate surface area is 81.0 Å². The van der Waals surface area contributed by atoms with E-state index in [1.807, 2.05) is 14.0 Å². The molecule has 0 fully saturated rings. The van der Waals surface area contributed by atoms with E-state index in [-0.39, 0.29) is 5.92 Å². The monoisotopic (exact) mass is 186 g/mol. The molecule has 0 saturated heterocycles. The highest BCUT2D eigenvalue weighted by atomic mass is 32.1. The van der Waals surface area contributed by atoms with Gasteiger partial charge in [-0.05, 0) is 25.6 Å². The summed E-state index contributed by atoms with van der Waals surface area (Å²) in [6.07, 6.45) is 0. The number of hydrogen-bond acceptors (Lipinski definition) is 3. The van der Waals surface area contributed by atoms with Crippen LogP contribution in [-0.2, 0) is 0 Å². The first-order valence-electron chi connectivity index (χ1n) is 4.29. The Morgan fingerprint density at radius 1 is 1.42 bits per heavy atom. The second-order valence-corrected chi connectivity index (χ2v) is 3.90. The van der Waals surface area contributed by atoms with Crippen LogP contribution in [0.1, 0.15) is 13.8 Å². The van der Waals surface area contributed by atoms with E-state index in [1.54, 1.807) is 0 Å². The molecule has 0 N–H and O–H groups in total. The van der Waals surface area contributed by atoms with Crippen LogP contribution in [0.15, 0.2) is 0 Å². The second-order valence-electron chi connectivity index (χ2n) is 3.54. The van der Waals surface area contributed by atoms with Gasteiger partial charge in [0.2, 0.25) is 0 Å². The van der Waals surface area contributed by atoms with E-state index in [1.165, 1.54) is 0 Å². The lowest BCUT2D eigenvalue weighted by molar-refractivity contribution is 0.279. The first-order valence-corrected chi connectivity index (χ1v) is 4.92. The van der Waals surface area contributed by atoms with Crippen molar-refractivity contribution >= 4 is 12.6 Å². The van der Waals surface area contributed by atoms with Crippen molar-refractivity contribution in [2.45, 2.75) is 13.8 Å². The summed E-state index contributed by atoms with van der Waals surface area (Å²) in [5.74, 6) is 1.64. The van der Waals surface area contributed by atoms with Crippen LogP contribution in [0.3, 0.4) is 0 Å². The summed E-state index contributed by atoms with van der Waals surface area (Å²) >= 11 is 4.21. The predicted octanol–water partition coefficient (Wildman–Crippen LogP) is 1.64. The quantitative estimate of drug-likeness (QED) is 0.661. The summed E-state index contributed by atoms with van der Waals surface area (Å²) in [7, 11) is 2.05. The number of rotatable bonds is 5. The molecule has 0 amide bonds. The summed E-state index contributed by atoms with van der Waals surface area (Å²) in [6, 6.07) is 2.23. The third-order valence-corrected chi connectivity index (χ3v) is 2.36. The molecule has 0 radical (unpaired) electrons. The highest BCUT2D eigenvalue weighted by Gasteiger charge is 2.07. The average Bonchev–Trinajstić information content (AvgIpc) is 2.03. The van der Waals surface area contributed by atoms with Crippen molar-refractivity contribution < 1.29 is 0 Å². The Kier molecular flexibility index (Phi) is 6.23. The zero-order valence-electron chi connectivity index (χ0n) is 8.12. The van der Waals surface area contributed by atoms with Gasteiger partial charge in [0.05, 0.1) is 12.0 Å². The summed E-state index contributed by atoms with van der Waals surface area (Å²) < 4.78 is 0. The van der Waals surface area contributed by atoms with Gasteiger partial charge in [0.15, 0.2) is 0 Å². The number of thiol groups is 1. The molecule has 0 bridgehead atoms. The average molecular weight is 186 g/mol. The minimum atomic E-state index is 0.127. The van der Waals surface area contributed by atoms with Crippen LogP contribution in [-0.4, -0.2) is 30.8 Å². The third kappa shape index (κ3) is 5.45. The maximum Gasteiger partial charge on any atom is 0.0666 e. The van der Waals surface area contributed by atoms with Crippen LogP contribution < -0.4 is 0 Å². The van der Waals surface area contributed by atoms with Crippen LogP contribution in [0.5, 0.6) is 0 Å². The van der Waals surface area contributed by atoms with E-state index < -0.39 is 0 Å². The molecule has 70 valence electrons. The first-order chi connectivity index (χ1) is 5.60. The van der Waals surface area contributed by atoms with Crippen LogP contribution in [0.2, 0.25) is 0 Å². The van der Waals surface area contributed by atoms with Gasteiger partial charge >= 0.3 is 0 Å². The van der Waals surface area contributed by atoms with Crippen LogP contribution in [0.25, 0.3) is 0 Å². The summed E-state index contributed by atoms with van der Waals surface area (Å²) in [5, 5.41) is 8.58. The summed E-state index contributed by atoms with van der Waals surface area (Å²) in [4.78, 5) is 2.19. The highest BCUT2D eigenvalue weighted by Crippen LogP contribution is 2.02. The smallest absolute Gasteiger partial charge is 0.0666 e. The molecule has 0 aliphatic rings. The SMILES string of the molecule is CC(C#N)CN(C)CC(C)CS. The Bertz CT molecular complexity index is 153. The van der Waals surface area contributed by atoms with Gasteiger partial charge in [-0.3, -0.25) is 0 Å². The van der Waals surface area contributed by atoms with Gasteiger partial charge in [0.1, 0.15) is 0 Å². The second kappa shape index (κ2) is 6.33. The molecular formula is C9H18N2S. The van der Waals surface area contributed by atoms with Gasteiger partial charge in [0.25, 0.3) is 0 Å². The van der Waals surface area contributed by atoms with Crippen molar-refractivity contribution in [2.24, 2.45) is 11.8 Å². The molecule has 0 aliphatic heterocycles. The van der Waals surface area contributed by atoms with Crippen LogP contribution >= 0.6 is 12.6 Å². The van der Waals surface area contributed by atoms with Crippen molar-refractivity contribution in [3.8, 4) is 6.07 Å². The Morgan fingerprint density at radius 2 is 2.00 bits per heavy atom. The Morgan fingerprint density at radius 3 is 2.42 bits per heavy atom. The molecule has 3 heteroatoms. The van der Waals surface area contributed by atoms with Crippen LogP contribution in [0.4, 0.5) is 0 Å². The fourth-order valence-corrected chi connectivity index (χ4v) is 1.29. The zero-order chi connectivity index (χ0) is 9.56. The van der Waals surface area contributed by atoms with Crippen molar-refractivity contribution in [1.29, 1.82) is 5.26 Å². The molecule has 0 heterocycles. The first kappa shape index (κ1) is 11.8. The predicted molar refractivity (Wildman–Crippen MR) is 55.3 cm³/mol. The van der Waals surface area contributed by atoms with E-state index >= 15 is 0 Å². The third-order valence-electron chi connectivity index (χ3n) is 1.74. The molecule has 12 heavy (non-hydrogen) atoms. The molecule has 0 rings (SSSR count). The van der Waals surface area contributed by atoms with E-state index in [4.69, 9.17) is 5.26 Å². The fourth-order valence-electron chi connectivity index (χ4n) is 1.17. The number of nitrogens with zero attached hydrogens (tertiary/aromatic N) is 2. The molecule has 0 aromatic carbocycles. The van der Waals surface area contributed by atoms with Crippen molar-refractivity contribution in [1.82, 2.24) is 4.90 Å². The van der Waals surface area contributed by atoms with E-state index in [9.17, 15) is 0 Å². The van der Waals surface area contributed by atoms with Crippen molar-refractivity contribution in [2.75, 3.05) is 25.9 Å². The van der Waals surface area contributed by atoms with Crippen LogP contribution in [0, 0.1) is 23.2 Å². The van der Waals surface area contributed by atoms with Gasteiger partial charge in [-0.25, -0.2) is 0 Å². The topological polar surface area (TPSA) is 27.0 Å². The van der Waals surface area contributed by atoms with Crippen molar-refractivity contribution in [3.05, 3.63) is 0 Å². The molecule has 0 spiro atoms. The van der Waals surface area contributed by atoms with Gasteiger partial charge in [-0.2, -0.15) is 17.9 Å². The Balaban J connectivity index is 3.60. The lowest BCUT2D eigenvalue weighted by atomic mass is 10.1. The van der Waals surface area contributed by atoms with Gasteiger partial charge < -0.3 is 4.90 Å². The maximum atomic E-state index is 8.58. The fraction of sp³-hybridized carbons (Fsp3) is 0.889. The number of hydrogen-bond donors (Lipinski definition) is 1. The van der Waals surface area contributed by atoms with Gasteiger partial charge in [0, 0.05) is 13.1 Å². The van der Waals surface area contributed by atoms with E-state index in [0.29, 0.717) is 5.92 Å². The van der Waals surface area contributed by atoms with Gasteiger partial charge in [-0.1, -0.05) is 6.92 Å². The molecule has 0 aromatic heterocycles. The van der Waals surface area contributed by atoms with Crippen molar-refractivity contribution in [3.63, 3.8) is 0 Å². The molecule has 0 aromatic rings. The summed E-state index contributed by atoms with van der Waals surface area (Å²) in [5.41, 5.74) is 0. The minimum absolute atomic E-state index is 0.127. The molecule has 2 atom stereocenters. The normalized spacial score (nSPS) is 15.7. The Hall–Kier alpha value is -0.200. The lowest BCUT2D eigenvalue weighted by Gasteiger charge is -2.20. The molecule has 0 aliphatic carbocycles. The molecule has 2 nitrogen and oxygen atoms in total. The maximum absolute atomic E-state index is 8.58. The molecule has 2 unspecified atom stereocenters. The summed E-state index contributed by atoms with van der Waals surface area (Å²) in [6.45, 7) is 5.99. The van der Waals surface area contributed by atoms with E-state index in [0.717, 1.165) is 18.8 Å². The number of nitriles is 1. The largest absolute Gasteiger partial charge is 0.305 e. The standard InChI is InChI=1S/C9H18N2S/c1-8(4-10)5-11(3)6-9(2)7-12/h8-9,12H,5-7H2,1-3H3. The molecule has 0 saturated carbocycles. The highest BCUT2D eigenvalue weighted by molar-refractivity contribution is 7.80. The van der Waals surface area contributed by atoms with Gasteiger partial charge in [-0.15, -0.1) is 0 Å². The zero-order valence-corrected chi connectivity index (χ0v) is 9.01. The minimum Gasteiger partial charge on any atom is -0.305 e. The lowest BCUT2D eigenvalue weighted by Crippen LogP contribution is -2.29. The molecular weight excluding hydrogens is 168 g/mol. The van der Waals surface area contributed by atoms with E-state index in [2.05, 4.69) is 30.5 Å².